The molecule has 2 aromatic carbocycles. The summed E-state index contributed by atoms with van der Waals surface area (Å²) >= 11 is 5.85. The number of hydrogen-bond acceptors (Lipinski definition) is 5. The molecule has 0 spiro atoms. The normalized spacial score (nSPS) is 11.3. The van der Waals surface area contributed by atoms with Crippen LogP contribution in [0.2, 0.25) is 5.02 Å². The first-order valence-electron chi connectivity index (χ1n) is 8.97. The van der Waals surface area contributed by atoms with Gasteiger partial charge in [-0.15, -0.1) is 0 Å². The molecule has 0 unspecified atom stereocenters. The number of nitrogens with zero attached hydrogens (tertiary/aromatic N) is 1. The predicted octanol–water partition coefficient (Wildman–Crippen LogP) is 2.73. The molecule has 0 bridgehead atoms. The molecule has 7 nitrogen and oxygen atoms in total. The van der Waals surface area contributed by atoms with E-state index in [0.29, 0.717) is 23.1 Å². The second-order valence-electron chi connectivity index (χ2n) is 6.36. The SMILES string of the molecule is COc1ccc(S(=O)(=O)N(C)CC(=O)NCCCc2ccc(Cl)cc2)cc1OC. The van der Waals surface area contributed by atoms with Gasteiger partial charge in [-0.1, -0.05) is 23.7 Å². The Morgan fingerprint density at radius 1 is 1.07 bits per heavy atom. The Bertz CT molecular complexity index is 932. The standard InChI is InChI=1S/C20H25ClN2O5S/c1-23(29(25,26)17-10-11-18(27-2)19(13-17)28-3)14-20(24)22-12-4-5-15-6-8-16(21)9-7-15/h6-11,13H,4-5,12,14H2,1-3H3,(H,22,24). The number of aryl methyl sites for hydroxylation is 1. The lowest BCUT2D eigenvalue weighted by Crippen LogP contribution is -2.38. The highest BCUT2D eigenvalue weighted by molar-refractivity contribution is 7.89. The van der Waals surface area contributed by atoms with Crippen LogP contribution in [0.3, 0.4) is 0 Å². The molecule has 29 heavy (non-hydrogen) atoms. The van der Waals surface area contributed by atoms with Gasteiger partial charge in [0.05, 0.1) is 25.7 Å². The minimum Gasteiger partial charge on any atom is -0.493 e. The predicted molar refractivity (Wildman–Crippen MR) is 112 cm³/mol. The van der Waals surface area contributed by atoms with Gasteiger partial charge >= 0.3 is 0 Å². The maximum Gasteiger partial charge on any atom is 0.243 e. The van der Waals surface area contributed by atoms with Crippen molar-refractivity contribution < 1.29 is 22.7 Å². The number of nitrogens with one attached hydrogen (secondary N) is 1. The van der Waals surface area contributed by atoms with E-state index in [1.165, 1.54) is 39.5 Å². The molecule has 0 aliphatic rings. The summed E-state index contributed by atoms with van der Waals surface area (Å²) in [7, 11) is 0.409. The Morgan fingerprint density at radius 2 is 1.72 bits per heavy atom. The lowest BCUT2D eigenvalue weighted by molar-refractivity contribution is -0.121. The van der Waals surface area contributed by atoms with Crippen LogP contribution in [0.4, 0.5) is 0 Å². The van der Waals surface area contributed by atoms with Crippen molar-refractivity contribution in [2.24, 2.45) is 0 Å². The van der Waals surface area contributed by atoms with Gasteiger partial charge in [-0.3, -0.25) is 4.79 Å². The summed E-state index contributed by atoms with van der Waals surface area (Å²) in [6.07, 6.45) is 1.52. The summed E-state index contributed by atoms with van der Waals surface area (Å²) in [5, 5.41) is 3.43. The van der Waals surface area contributed by atoms with Crippen LogP contribution in [0.15, 0.2) is 47.4 Å². The van der Waals surface area contributed by atoms with Gasteiger partial charge < -0.3 is 14.8 Å². The summed E-state index contributed by atoms with van der Waals surface area (Å²) in [5.41, 5.74) is 1.12. The van der Waals surface area contributed by atoms with Crippen molar-refractivity contribution in [1.82, 2.24) is 9.62 Å². The third kappa shape index (κ3) is 6.35. The number of halogens is 1. The highest BCUT2D eigenvalue weighted by atomic mass is 35.5. The van der Waals surface area contributed by atoms with Crippen molar-refractivity contribution in [1.29, 1.82) is 0 Å². The van der Waals surface area contributed by atoms with E-state index in [9.17, 15) is 13.2 Å². The number of sulfonamides is 1. The molecular formula is C20H25ClN2O5S. The highest BCUT2D eigenvalue weighted by Crippen LogP contribution is 2.30. The van der Waals surface area contributed by atoms with Crippen molar-refractivity contribution in [3.05, 3.63) is 53.1 Å². The minimum atomic E-state index is -3.84. The second kappa shape index (κ2) is 10.5. The van der Waals surface area contributed by atoms with Gasteiger partial charge in [0.25, 0.3) is 0 Å². The zero-order chi connectivity index (χ0) is 21.4. The third-order valence-electron chi connectivity index (χ3n) is 4.31. The Balaban J connectivity index is 1.88. The molecule has 2 rings (SSSR count). The summed E-state index contributed by atoms with van der Waals surface area (Å²) in [4.78, 5) is 12.2. The number of benzene rings is 2. The van der Waals surface area contributed by atoms with Crippen molar-refractivity contribution in [3.8, 4) is 11.5 Å². The number of ether oxygens (including phenoxy) is 2. The molecule has 0 radical (unpaired) electrons. The average Bonchev–Trinajstić information content (AvgIpc) is 2.71. The topological polar surface area (TPSA) is 84.9 Å². The van der Waals surface area contributed by atoms with Crippen LogP contribution in [0.25, 0.3) is 0 Å². The van der Waals surface area contributed by atoms with E-state index in [1.807, 2.05) is 24.3 Å². The average molecular weight is 441 g/mol. The number of amides is 1. The fourth-order valence-electron chi connectivity index (χ4n) is 2.67. The molecule has 0 atom stereocenters. The molecule has 158 valence electrons. The van der Waals surface area contributed by atoms with E-state index in [1.54, 1.807) is 0 Å². The molecule has 0 saturated carbocycles. The highest BCUT2D eigenvalue weighted by Gasteiger charge is 2.24. The largest absolute Gasteiger partial charge is 0.493 e. The smallest absolute Gasteiger partial charge is 0.243 e. The van der Waals surface area contributed by atoms with Gasteiger partial charge in [-0.25, -0.2) is 8.42 Å². The minimum absolute atomic E-state index is 0.0215. The van der Waals surface area contributed by atoms with E-state index in [2.05, 4.69) is 5.32 Å². The van der Waals surface area contributed by atoms with Crippen LogP contribution in [-0.4, -0.2) is 53.0 Å². The molecule has 9 heteroatoms. The molecule has 0 saturated heterocycles. The number of methoxy groups -OCH3 is 2. The molecule has 0 heterocycles. The molecule has 0 aromatic heterocycles. The van der Waals surface area contributed by atoms with E-state index >= 15 is 0 Å². The molecule has 0 aliphatic carbocycles. The Morgan fingerprint density at radius 3 is 2.34 bits per heavy atom. The number of carbonyl (C=O) groups excluding carboxylic acids is 1. The first-order chi connectivity index (χ1) is 13.8. The molecule has 1 N–H and O–H groups in total. The lowest BCUT2D eigenvalue weighted by Gasteiger charge is -2.18. The third-order valence-corrected chi connectivity index (χ3v) is 6.36. The van der Waals surface area contributed by atoms with E-state index in [-0.39, 0.29) is 17.3 Å². The summed E-state index contributed by atoms with van der Waals surface area (Å²) in [6, 6.07) is 11.8. The van der Waals surface area contributed by atoms with Gasteiger partial charge in [0.1, 0.15) is 0 Å². The first-order valence-corrected chi connectivity index (χ1v) is 10.8. The Hall–Kier alpha value is -2.29. The van der Waals surface area contributed by atoms with Gasteiger partial charge in [-0.05, 0) is 42.7 Å². The first kappa shape index (κ1) is 23.0. The number of likely N-dealkylation sites (N-methyl/N-ethyl adjacent to an activating group) is 1. The fourth-order valence-corrected chi connectivity index (χ4v) is 3.94. The van der Waals surface area contributed by atoms with Crippen LogP contribution < -0.4 is 14.8 Å². The summed E-state index contributed by atoms with van der Waals surface area (Å²) in [6.45, 7) is 0.170. The van der Waals surface area contributed by atoms with E-state index in [0.717, 1.165) is 22.7 Å². The van der Waals surface area contributed by atoms with Crippen LogP contribution >= 0.6 is 11.6 Å². The van der Waals surface area contributed by atoms with Crippen molar-refractivity contribution in [2.75, 3.05) is 34.4 Å². The Kier molecular flexibility index (Phi) is 8.31. The molecule has 2 aromatic rings. The zero-order valence-corrected chi connectivity index (χ0v) is 18.2. The zero-order valence-electron chi connectivity index (χ0n) is 16.6. The van der Waals surface area contributed by atoms with Gasteiger partial charge in [0.15, 0.2) is 11.5 Å². The quantitative estimate of drug-likeness (QED) is 0.574. The maximum atomic E-state index is 12.7. The van der Waals surface area contributed by atoms with Gasteiger partial charge in [0.2, 0.25) is 15.9 Å². The van der Waals surface area contributed by atoms with Crippen molar-refractivity contribution >= 4 is 27.5 Å². The molecule has 0 aliphatic heterocycles. The van der Waals surface area contributed by atoms with Crippen LogP contribution in [0.1, 0.15) is 12.0 Å². The van der Waals surface area contributed by atoms with Crippen LogP contribution in [0.5, 0.6) is 11.5 Å². The Labute approximate surface area is 176 Å². The monoisotopic (exact) mass is 440 g/mol. The molecular weight excluding hydrogens is 416 g/mol. The van der Waals surface area contributed by atoms with Crippen molar-refractivity contribution in [2.45, 2.75) is 17.7 Å². The summed E-state index contributed by atoms with van der Waals surface area (Å²) < 4.78 is 36.7. The molecule has 0 fully saturated rings. The van der Waals surface area contributed by atoms with E-state index < -0.39 is 10.0 Å². The van der Waals surface area contributed by atoms with Crippen LogP contribution in [-0.2, 0) is 21.2 Å². The van der Waals surface area contributed by atoms with Crippen molar-refractivity contribution in [3.63, 3.8) is 0 Å². The molecule has 1 amide bonds. The van der Waals surface area contributed by atoms with Gasteiger partial charge in [0, 0.05) is 24.7 Å². The van der Waals surface area contributed by atoms with E-state index in [4.69, 9.17) is 21.1 Å². The maximum absolute atomic E-state index is 12.7. The lowest BCUT2D eigenvalue weighted by atomic mass is 10.1. The number of hydrogen-bond donors (Lipinski definition) is 1. The fraction of sp³-hybridized carbons (Fsp3) is 0.350. The number of rotatable bonds is 10. The summed E-state index contributed by atoms with van der Waals surface area (Å²) in [5.74, 6) is 0.355. The number of carbonyl (C=O) groups is 1. The second-order valence-corrected chi connectivity index (χ2v) is 8.84. The van der Waals surface area contributed by atoms with Gasteiger partial charge in [-0.2, -0.15) is 4.31 Å². The van der Waals surface area contributed by atoms with Crippen LogP contribution in [0, 0.1) is 0 Å².